The van der Waals surface area contributed by atoms with Gasteiger partial charge < -0.3 is 10.1 Å². The standard InChI is InChI=1S/C14H16N2O3/c1-2-3-14(18)19-10-13(17)16-12-6-4-11(5-7-12)8-9-15/h4-7H,2-3,8,10H2,1H3,(H,16,17). The number of esters is 1. The van der Waals surface area contributed by atoms with Crippen LogP contribution in [0, 0.1) is 11.3 Å². The summed E-state index contributed by atoms with van der Waals surface area (Å²) in [5.41, 5.74) is 1.49. The summed E-state index contributed by atoms with van der Waals surface area (Å²) in [6.45, 7) is 1.59. The summed E-state index contributed by atoms with van der Waals surface area (Å²) >= 11 is 0. The van der Waals surface area contributed by atoms with Crippen molar-refractivity contribution in [2.75, 3.05) is 11.9 Å². The van der Waals surface area contributed by atoms with Crippen molar-refractivity contribution in [2.24, 2.45) is 0 Å². The fourth-order valence-electron chi connectivity index (χ4n) is 1.42. The van der Waals surface area contributed by atoms with Crippen LogP contribution in [0.2, 0.25) is 0 Å². The number of amides is 1. The maximum atomic E-state index is 11.5. The molecule has 0 aliphatic carbocycles. The van der Waals surface area contributed by atoms with Crippen LogP contribution in [0.3, 0.4) is 0 Å². The Labute approximate surface area is 112 Å². The molecule has 0 aliphatic heterocycles. The zero-order chi connectivity index (χ0) is 14.1. The number of nitrogens with one attached hydrogen (secondary N) is 1. The summed E-state index contributed by atoms with van der Waals surface area (Å²) in [4.78, 5) is 22.6. The molecule has 0 unspecified atom stereocenters. The van der Waals surface area contributed by atoms with E-state index in [-0.39, 0.29) is 18.5 Å². The van der Waals surface area contributed by atoms with Gasteiger partial charge in [-0.25, -0.2) is 0 Å². The Kier molecular flexibility index (Phi) is 6.10. The Balaban J connectivity index is 2.40. The summed E-state index contributed by atoms with van der Waals surface area (Å²) in [5, 5.41) is 11.1. The van der Waals surface area contributed by atoms with Crippen LogP contribution < -0.4 is 5.32 Å². The van der Waals surface area contributed by atoms with Gasteiger partial charge in [-0.1, -0.05) is 19.1 Å². The SMILES string of the molecule is CCCC(=O)OCC(=O)Nc1ccc(CC#N)cc1. The minimum absolute atomic E-state index is 0.279. The van der Waals surface area contributed by atoms with Crippen molar-refractivity contribution in [3.8, 4) is 6.07 Å². The van der Waals surface area contributed by atoms with Crippen LogP contribution in [0.15, 0.2) is 24.3 Å². The van der Waals surface area contributed by atoms with Crippen molar-refractivity contribution in [2.45, 2.75) is 26.2 Å². The van der Waals surface area contributed by atoms with Gasteiger partial charge in [0.05, 0.1) is 12.5 Å². The number of carbonyl (C=O) groups is 2. The van der Waals surface area contributed by atoms with Crippen LogP contribution in [0.4, 0.5) is 5.69 Å². The van der Waals surface area contributed by atoms with Crippen LogP contribution in [-0.2, 0) is 20.7 Å². The minimum atomic E-state index is -0.377. The smallest absolute Gasteiger partial charge is 0.306 e. The van der Waals surface area contributed by atoms with Gasteiger partial charge in [0.15, 0.2) is 6.61 Å². The Morgan fingerprint density at radius 2 is 2.00 bits per heavy atom. The molecular formula is C14H16N2O3. The number of ether oxygens (including phenoxy) is 1. The van der Waals surface area contributed by atoms with E-state index < -0.39 is 0 Å². The monoisotopic (exact) mass is 260 g/mol. The normalized spacial score (nSPS) is 9.47. The highest BCUT2D eigenvalue weighted by Crippen LogP contribution is 2.09. The highest BCUT2D eigenvalue weighted by Gasteiger charge is 2.06. The van der Waals surface area contributed by atoms with E-state index in [1.54, 1.807) is 24.3 Å². The number of anilines is 1. The van der Waals surface area contributed by atoms with Gasteiger partial charge in [-0.2, -0.15) is 5.26 Å². The highest BCUT2D eigenvalue weighted by atomic mass is 16.5. The van der Waals surface area contributed by atoms with E-state index >= 15 is 0 Å². The molecule has 0 heterocycles. The molecule has 19 heavy (non-hydrogen) atoms. The molecule has 1 aromatic carbocycles. The predicted octanol–water partition coefficient (Wildman–Crippen LogP) is 2.03. The first-order chi connectivity index (χ1) is 9.15. The molecule has 1 aromatic rings. The fraction of sp³-hybridized carbons (Fsp3) is 0.357. The van der Waals surface area contributed by atoms with Crippen molar-refractivity contribution in [1.82, 2.24) is 0 Å². The van der Waals surface area contributed by atoms with Gasteiger partial charge in [0.1, 0.15) is 0 Å². The number of rotatable bonds is 6. The largest absolute Gasteiger partial charge is 0.456 e. The Hall–Kier alpha value is -2.35. The second-order valence-corrected chi connectivity index (χ2v) is 3.99. The van der Waals surface area contributed by atoms with Crippen molar-refractivity contribution in [1.29, 1.82) is 5.26 Å². The van der Waals surface area contributed by atoms with Gasteiger partial charge in [-0.3, -0.25) is 9.59 Å². The molecule has 0 saturated carbocycles. The lowest BCUT2D eigenvalue weighted by atomic mass is 10.1. The van der Waals surface area contributed by atoms with Crippen molar-refractivity contribution in [3.05, 3.63) is 29.8 Å². The van der Waals surface area contributed by atoms with Crippen LogP contribution in [0.5, 0.6) is 0 Å². The molecule has 0 bridgehead atoms. The summed E-state index contributed by atoms with van der Waals surface area (Å²) in [6.07, 6.45) is 1.35. The average molecular weight is 260 g/mol. The molecule has 100 valence electrons. The van der Waals surface area contributed by atoms with Crippen molar-refractivity contribution in [3.63, 3.8) is 0 Å². The zero-order valence-corrected chi connectivity index (χ0v) is 10.8. The second-order valence-electron chi connectivity index (χ2n) is 3.99. The third-order valence-corrected chi connectivity index (χ3v) is 2.34. The number of hydrogen-bond acceptors (Lipinski definition) is 4. The maximum Gasteiger partial charge on any atom is 0.306 e. The fourth-order valence-corrected chi connectivity index (χ4v) is 1.42. The Morgan fingerprint density at radius 1 is 1.32 bits per heavy atom. The van der Waals surface area contributed by atoms with Crippen molar-refractivity contribution < 1.29 is 14.3 Å². The van der Waals surface area contributed by atoms with Gasteiger partial charge in [-0.05, 0) is 24.1 Å². The van der Waals surface area contributed by atoms with E-state index in [4.69, 9.17) is 10.00 Å². The Morgan fingerprint density at radius 3 is 2.58 bits per heavy atom. The lowest BCUT2D eigenvalue weighted by Gasteiger charge is -2.06. The molecule has 5 heteroatoms. The van der Waals surface area contributed by atoms with E-state index in [1.807, 2.05) is 13.0 Å². The molecule has 0 aliphatic rings. The van der Waals surface area contributed by atoms with Crippen molar-refractivity contribution >= 4 is 17.6 Å². The maximum absolute atomic E-state index is 11.5. The summed E-state index contributed by atoms with van der Waals surface area (Å²) in [5.74, 6) is -0.750. The van der Waals surface area contributed by atoms with Crippen LogP contribution in [-0.4, -0.2) is 18.5 Å². The van der Waals surface area contributed by atoms with Crippen LogP contribution in [0.25, 0.3) is 0 Å². The third kappa shape index (κ3) is 5.68. The van der Waals surface area contributed by atoms with E-state index in [0.29, 0.717) is 24.9 Å². The van der Waals surface area contributed by atoms with Gasteiger partial charge in [0, 0.05) is 12.1 Å². The number of carbonyl (C=O) groups excluding carboxylic acids is 2. The molecule has 0 aromatic heterocycles. The third-order valence-electron chi connectivity index (χ3n) is 2.34. The number of nitrogens with zero attached hydrogens (tertiary/aromatic N) is 1. The van der Waals surface area contributed by atoms with Gasteiger partial charge in [-0.15, -0.1) is 0 Å². The van der Waals surface area contributed by atoms with E-state index in [0.717, 1.165) is 5.56 Å². The summed E-state index contributed by atoms with van der Waals surface area (Å²) < 4.78 is 4.78. The van der Waals surface area contributed by atoms with E-state index in [9.17, 15) is 9.59 Å². The first-order valence-corrected chi connectivity index (χ1v) is 6.07. The molecule has 0 spiro atoms. The molecule has 1 rings (SSSR count). The minimum Gasteiger partial charge on any atom is -0.456 e. The average Bonchev–Trinajstić information content (AvgIpc) is 2.39. The molecule has 5 nitrogen and oxygen atoms in total. The van der Waals surface area contributed by atoms with Gasteiger partial charge in [0.25, 0.3) is 5.91 Å². The molecule has 1 N–H and O–H groups in total. The van der Waals surface area contributed by atoms with Crippen LogP contribution in [0.1, 0.15) is 25.3 Å². The van der Waals surface area contributed by atoms with E-state index in [2.05, 4.69) is 5.32 Å². The van der Waals surface area contributed by atoms with E-state index in [1.165, 1.54) is 0 Å². The second kappa shape index (κ2) is 7.88. The molecule has 0 saturated heterocycles. The molecule has 0 radical (unpaired) electrons. The lowest BCUT2D eigenvalue weighted by Crippen LogP contribution is -2.20. The zero-order valence-electron chi connectivity index (χ0n) is 10.8. The summed E-state index contributed by atoms with van der Waals surface area (Å²) in [6, 6.07) is 8.99. The highest BCUT2D eigenvalue weighted by molar-refractivity contribution is 5.92. The molecule has 1 amide bonds. The molecule has 0 fully saturated rings. The quantitative estimate of drug-likeness (QED) is 0.794. The lowest BCUT2D eigenvalue weighted by molar-refractivity contribution is -0.147. The molecular weight excluding hydrogens is 244 g/mol. The van der Waals surface area contributed by atoms with Gasteiger partial charge in [0.2, 0.25) is 0 Å². The first-order valence-electron chi connectivity index (χ1n) is 6.07. The van der Waals surface area contributed by atoms with Crippen LogP contribution >= 0.6 is 0 Å². The number of nitriles is 1. The number of benzene rings is 1. The first kappa shape index (κ1) is 14.7. The topological polar surface area (TPSA) is 79.2 Å². The number of hydrogen-bond donors (Lipinski definition) is 1. The van der Waals surface area contributed by atoms with Gasteiger partial charge >= 0.3 is 5.97 Å². The predicted molar refractivity (Wildman–Crippen MR) is 70.3 cm³/mol. The molecule has 0 atom stereocenters. The Bertz CT molecular complexity index is 474. The summed E-state index contributed by atoms with van der Waals surface area (Å²) in [7, 11) is 0.